The van der Waals surface area contributed by atoms with Gasteiger partial charge in [-0.2, -0.15) is 0 Å². The molecule has 0 aliphatic rings. The highest BCUT2D eigenvalue weighted by atomic mass is 35.5. The van der Waals surface area contributed by atoms with Crippen LogP contribution in [0.25, 0.3) is 0 Å². The van der Waals surface area contributed by atoms with Gasteiger partial charge in [0.1, 0.15) is 6.04 Å². The first-order chi connectivity index (χ1) is 16.9. The first kappa shape index (κ1) is 27.4. The lowest BCUT2D eigenvalue weighted by Gasteiger charge is -2.31. The third kappa shape index (κ3) is 8.46. The number of carbonyl (C=O) groups excluding carboxylic acids is 2. The number of nitrogens with one attached hydrogen (secondary N) is 1. The van der Waals surface area contributed by atoms with Crippen LogP contribution in [0.5, 0.6) is 0 Å². The van der Waals surface area contributed by atoms with E-state index in [2.05, 4.69) is 5.32 Å². The van der Waals surface area contributed by atoms with E-state index in [4.69, 9.17) is 34.8 Å². The second kappa shape index (κ2) is 13.8. The highest BCUT2D eigenvalue weighted by Gasteiger charge is 2.30. The van der Waals surface area contributed by atoms with Gasteiger partial charge in [-0.1, -0.05) is 71.2 Å². The number of hydrogen-bond donors (Lipinski definition) is 1. The van der Waals surface area contributed by atoms with Gasteiger partial charge in [-0.25, -0.2) is 0 Å². The van der Waals surface area contributed by atoms with Crippen molar-refractivity contribution in [3.8, 4) is 0 Å². The molecule has 2 amide bonds. The van der Waals surface area contributed by atoms with Crippen molar-refractivity contribution in [3.05, 3.63) is 99.0 Å². The summed E-state index contributed by atoms with van der Waals surface area (Å²) in [6.45, 7) is 0.212. The van der Waals surface area contributed by atoms with Crippen molar-refractivity contribution in [2.75, 3.05) is 12.8 Å². The van der Waals surface area contributed by atoms with Crippen molar-refractivity contribution in [2.24, 2.45) is 0 Å². The maximum Gasteiger partial charge on any atom is 0.242 e. The van der Waals surface area contributed by atoms with Gasteiger partial charge in [-0.15, -0.1) is 11.8 Å². The summed E-state index contributed by atoms with van der Waals surface area (Å²) in [6.07, 6.45) is 1.38. The van der Waals surface area contributed by atoms with Crippen LogP contribution in [0.4, 0.5) is 0 Å². The molecule has 0 aromatic heterocycles. The fraction of sp³-hybridized carbons (Fsp3) is 0.259. The van der Waals surface area contributed by atoms with E-state index in [1.807, 2.05) is 54.6 Å². The molecular formula is C27H27Cl3N2O2S. The average Bonchev–Trinajstić information content (AvgIpc) is 2.86. The number of benzene rings is 3. The summed E-state index contributed by atoms with van der Waals surface area (Å²) < 4.78 is 0. The number of nitrogens with zero attached hydrogens (tertiary/aromatic N) is 1. The predicted octanol–water partition coefficient (Wildman–Crippen LogP) is 6.91. The minimum Gasteiger partial charge on any atom is -0.357 e. The standard InChI is InChI=1S/C27H27Cl3N2O2S/c1-31-27(34)25(16-19-6-3-2-4-7-19)32(18-20-9-10-22(29)17-24(20)30)26(33)8-5-15-35-23-13-11-21(28)12-14-23/h2-4,6-7,9-14,17,25H,5,8,15-16,18H2,1H3,(H,31,34). The van der Waals surface area contributed by atoms with E-state index >= 15 is 0 Å². The Balaban J connectivity index is 1.77. The molecule has 0 heterocycles. The molecule has 0 aliphatic heterocycles. The zero-order chi connectivity index (χ0) is 25.2. The zero-order valence-electron chi connectivity index (χ0n) is 19.3. The van der Waals surface area contributed by atoms with E-state index in [9.17, 15) is 9.59 Å². The van der Waals surface area contributed by atoms with Gasteiger partial charge in [0.25, 0.3) is 0 Å². The molecule has 0 aliphatic carbocycles. The molecule has 0 fully saturated rings. The predicted molar refractivity (Wildman–Crippen MR) is 146 cm³/mol. The van der Waals surface area contributed by atoms with Gasteiger partial charge < -0.3 is 10.2 Å². The number of likely N-dealkylation sites (N-methyl/N-ethyl adjacent to an activating group) is 1. The highest BCUT2D eigenvalue weighted by molar-refractivity contribution is 7.99. The third-order valence-corrected chi connectivity index (χ3v) is 7.43. The molecule has 1 atom stereocenters. The van der Waals surface area contributed by atoms with Crippen molar-refractivity contribution in [1.82, 2.24) is 10.2 Å². The van der Waals surface area contributed by atoms with E-state index in [1.165, 1.54) is 0 Å². The molecular weight excluding hydrogens is 523 g/mol. The van der Waals surface area contributed by atoms with Crippen LogP contribution in [0.3, 0.4) is 0 Å². The number of halogens is 3. The topological polar surface area (TPSA) is 49.4 Å². The van der Waals surface area contributed by atoms with Crippen LogP contribution in [0.2, 0.25) is 15.1 Å². The summed E-state index contributed by atoms with van der Waals surface area (Å²) in [6, 6.07) is 21.8. The first-order valence-electron chi connectivity index (χ1n) is 11.2. The molecule has 3 aromatic rings. The molecule has 3 rings (SSSR count). The van der Waals surface area contributed by atoms with Gasteiger partial charge >= 0.3 is 0 Å². The van der Waals surface area contributed by atoms with Crippen LogP contribution in [-0.2, 0) is 22.6 Å². The lowest BCUT2D eigenvalue weighted by Crippen LogP contribution is -2.49. The lowest BCUT2D eigenvalue weighted by molar-refractivity contribution is -0.141. The van der Waals surface area contributed by atoms with Crippen LogP contribution in [-0.4, -0.2) is 35.6 Å². The maximum absolute atomic E-state index is 13.5. The van der Waals surface area contributed by atoms with Crippen molar-refractivity contribution >= 4 is 58.4 Å². The van der Waals surface area contributed by atoms with Crippen molar-refractivity contribution in [1.29, 1.82) is 0 Å². The molecule has 4 nitrogen and oxygen atoms in total. The van der Waals surface area contributed by atoms with Gasteiger partial charge in [-0.05, 0) is 59.7 Å². The molecule has 35 heavy (non-hydrogen) atoms. The Morgan fingerprint density at radius 3 is 2.29 bits per heavy atom. The van der Waals surface area contributed by atoms with Crippen LogP contribution in [0, 0.1) is 0 Å². The fourth-order valence-corrected chi connectivity index (χ4v) is 5.09. The van der Waals surface area contributed by atoms with Crippen LogP contribution in [0.15, 0.2) is 77.7 Å². The molecule has 0 radical (unpaired) electrons. The smallest absolute Gasteiger partial charge is 0.242 e. The van der Waals surface area contributed by atoms with Gasteiger partial charge in [-0.3, -0.25) is 9.59 Å². The van der Waals surface area contributed by atoms with E-state index in [-0.39, 0.29) is 18.4 Å². The molecule has 0 spiro atoms. The summed E-state index contributed by atoms with van der Waals surface area (Å²) in [5.41, 5.74) is 1.71. The fourth-order valence-electron chi connectivity index (χ4n) is 3.64. The van der Waals surface area contributed by atoms with E-state index in [1.54, 1.807) is 41.9 Å². The first-order valence-corrected chi connectivity index (χ1v) is 13.4. The Bertz CT molecular complexity index is 1130. The number of thioether (sulfide) groups is 1. The normalized spacial score (nSPS) is 11.7. The van der Waals surface area contributed by atoms with Crippen LogP contribution < -0.4 is 5.32 Å². The molecule has 0 saturated carbocycles. The Hall–Kier alpha value is -2.18. The second-order valence-electron chi connectivity index (χ2n) is 7.98. The monoisotopic (exact) mass is 548 g/mol. The van der Waals surface area contributed by atoms with Crippen LogP contribution >= 0.6 is 46.6 Å². The average molecular weight is 550 g/mol. The summed E-state index contributed by atoms with van der Waals surface area (Å²) in [5.74, 6) is 0.451. The molecule has 3 aromatic carbocycles. The van der Waals surface area contributed by atoms with Gasteiger partial charge in [0.15, 0.2) is 0 Å². The quantitative estimate of drug-likeness (QED) is 0.209. The van der Waals surface area contributed by atoms with Gasteiger partial charge in [0.2, 0.25) is 11.8 Å². The number of carbonyl (C=O) groups is 2. The van der Waals surface area contributed by atoms with E-state index in [0.717, 1.165) is 21.8 Å². The zero-order valence-corrected chi connectivity index (χ0v) is 22.4. The minimum absolute atomic E-state index is 0.0998. The largest absolute Gasteiger partial charge is 0.357 e. The third-order valence-electron chi connectivity index (χ3n) is 5.49. The van der Waals surface area contributed by atoms with E-state index in [0.29, 0.717) is 34.3 Å². The number of amides is 2. The summed E-state index contributed by atoms with van der Waals surface area (Å²) in [5, 5.41) is 4.39. The molecule has 1 unspecified atom stereocenters. The Kier molecular flexibility index (Phi) is 10.8. The molecule has 1 N–H and O–H groups in total. The van der Waals surface area contributed by atoms with Crippen molar-refractivity contribution in [3.63, 3.8) is 0 Å². The highest BCUT2D eigenvalue weighted by Crippen LogP contribution is 2.25. The second-order valence-corrected chi connectivity index (χ2v) is 10.4. The Labute approximate surface area is 225 Å². The van der Waals surface area contributed by atoms with Crippen molar-refractivity contribution < 1.29 is 9.59 Å². The molecule has 0 bridgehead atoms. The number of hydrogen-bond acceptors (Lipinski definition) is 3. The van der Waals surface area contributed by atoms with Gasteiger partial charge in [0, 0.05) is 46.4 Å². The summed E-state index contributed by atoms with van der Waals surface area (Å²) in [7, 11) is 1.58. The summed E-state index contributed by atoms with van der Waals surface area (Å²) >= 11 is 20.1. The van der Waals surface area contributed by atoms with E-state index < -0.39 is 6.04 Å². The maximum atomic E-state index is 13.5. The summed E-state index contributed by atoms with van der Waals surface area (Å²) in [4.78, 5) is 29.2. The van der Waals surface area contributed by atoms with Gasteiger partial charge in [0.05, 0.1) is 0 Å². The lowest BCUT2D eigenvalue weighted by atomic mass is 10.0. The molecule has 8 heteroatoms. The van der Waals surface area contributed by atoms with Crippen LogP contribution in [0.1, 0.15) is 24.0 Å². The Morgan fingerprint density at radius 1 is 0.943 bits per heavy atom. The SMILES string of the molecule is CNC(=O)C(Cc1ccccc1)N(Cc1ccc(Cl)cc1Cl)C(=O)CCCSc1ccc(Cl)cc1. The number of rotatable bonds is 11. The Morgan fingerprint density at radius 2 is 1.63 bits per heavy atom. The minimum atomic E-state index is -0.675. The molecule has 184 valence electrons. The molecule has 0 saturated heterocycles. The van der Waals surface area contributed by atoms with Crippen molar-refractivity contribution in [2.45, 2.75) is 36.7 Å².